The van der Waals surface area contributed by atoms with Gasteiger partial charge in [-0.2, -0.15) is 0 Å². The van der Waals surface area contributed by atoms with Gasteiger partial charge in [0, 0.05) is 23.5 Å². The quantitative estimate of drug-likeness (QED) is 0.530. The molecule has 0 radical (unpaired) electrons. The van der Waals surface area contributed by atoms with E-state index in [1.165, 1.54) is 31.2 Å². The topological polar surface area (TPSA) is 42.7 Å². The molecule has 0 bridgehead atoms. The van der Waals surface area contributed by atoms with Gasteiger partial charge >= 0.3 is 0 Å². The lowest BCUT2D eigenvalue weighted by Gasteiger charge is -2.14. The highest BCUT2D eigenvalue weighted by molar-refractivity contribution is 6.02. The van der Waals surface area contributed by atoms with Crippen molar-refractivity contribution in [3.05, 3.63) is 73.2 Å². The van der Waals surface area contributed by atoms with Crippen molar-refractivity contribution in [1.82, 2.24) is 14.5 Å². The normalized spacial score (nSPS) is 14.7. The van der Waals surface area contributed by atoms with Crippen molar-refractivity contribution in [3.8, 4) is 16.8 Å². The molecule has 27 heavy (non-hydrogen) atoms. The van der Waals surface area contributed by atoms with E-state index in [2.05, 4.69) is 74.6 Å². The molecule has 0 unspecified atom stereocenters. The third-order valence-corrected chi connectivity index (χ3v) is 5.40. The number of fused-ring (bicyclic) bond motifs is 1. The maximum Gasteiger partial charge on any atom is 0.150 e. The van der Waals surface area contributed by atoms with Crippen molar-refractivity contribution in [2.24, 2.45) is 0 Å². The molecule has 2 aromatic carbocycles. The molecule has 5 rings (SSSR count). The Labute approximate surface area is 158 Å². The molecule has 0 atom stereocenters. The highest BCUT2D eigenvalue weighted by Crippen LogP contribution is 2.36. The number of hydrogen-bond donors (Lipinski definition) is 1. The van der Waals surface area contributed by atoms with E-state index in [0.717, 1.165) is 28.1 Å². The van der Waals surface area contributed by atoms with Crippen LogP contribution in [0.1, 0.15) is 25.7 Å². The van der Waals surface area contributed by atoms with Gasteiger partial charge in [-0.15, -0.1) is 0 Å². The van der Waals surface area contributed by atoms with Gasteiger partial charge in [-0.3, -0.25) is 0 Å². The fraction of sp³-hybridized carbons (Fsp3) is 0.217. The molecular weight excluding hydrogens is 332 g/mol. The van der Waals surface area contributed by atoms with Crippen molar-refractivity contribution >= 4 is 16.9 Å². The molecule has 4 heteroatoms. The molecule has 4 nitrogen and oxygen atoms in total. The molecule has 1 saturated carbocycles. The Bertz CT molecular complexity index is 1050. The number of aromatic nitrogens is 3. The fourth-order valence-electron chi connectivity index (χ4n) is 4.06. The van der Waals surface area contributed by atoms with Crippen LogP contribution in [-0.4, -0.2) is 20.6 Å². The lowest BCUT2D eigenvalue weighted by atomic mass is 10.1. The second-order valence-electron chi connectivity index (χ2n) is 7.16. The number of benzene rings is 2. The van der Waals surface area contributed by atoms with E-state index >= 15 is 0 Å². The Morgan fingerprint density at radius 2 is 1.56 bits per heavy atom. The van der Waals surface area contributed by atoms with E-state index in [0.29, 0.717) is 6.04 Å². The number of anilines is 1. The first-order valence-corrected chi connectivity index (χ1v) is 9.63. The molecular formula is C23H22N4. The summed E-state index contributed by atoms with van der Waals surface area (Å²) in [5, 5.41) is 4.79. The van der Waals surface area contributed by atoms with Crippen molar-refractivity contribution in [1.29, 1.82) is 0 Å². The van der Waals surface area contributed by atoms with Crippen molar-refractivity contribution in [2.45, 2.75) is 31.7 Å². The van der Waals surface area contributed by atoms with Gasteiger partial charge in [0.1, 0.15) is 12.1 Å². The Morgan fingerprint density at radius 1 is 0.852 bits per heavy atom. The standard InChI is InChI=1S/C23H22N4/c1-3-9-17(10-4-1)20-15-27(19-13-5-2-6-14-19)23-21(20)22(24-16-25-23)26-18-11-7-8-12-18/h1-6,9-10,13-16,18H,7-8,11-12H2,(H,24,25,26). The summed E-state index contributed by atoms with van der Waals surface area (Å²) in [5.41, 5.74) is 4.39. The number of para-hydroxylation sites is 1. The Kier molecular flexibility index (Phi) is 4.09. The third-order valence-electron chi connectivity index (χ3n) is 5.40. The fourth-order valence-corrected chi connectivity index (χ4v) is 4.06. The van der Waals surface area contributed by atoms with Crippen LogP contribution in [0.4, 0.5) is 5.82 Å². The van der Waals surface area contributed by atoms with E-state index < -0.39 is 0 Å². The van der Waals surface area contributed by atoms with Gasteiger partial charge < -0.3 is 9.88 Å². The van der Waals surface area contributed by atoms with Crippen LogP contribution < -0.4 is 5.32 Å². The number of nitrogens with one attached hydrogen (secondary N) is 1. The Hall–Kier alpha value is -3.14. The summed E-state index contributed by atoms with van der Waals surface area (Å²) in [5.74, 6) is 0.945. The summed E-state index contributed by atoms with van der Waals surface area (Å²) in [6.07, 6.45) is 8.87. The molecule has 2 heterocycles. The smallest absolute Gasteiger partial charge is 0.150 e. The Morgan fingerprint density at radius 3 is 2.30 bits per heavy atom. The molecule has 134 valence electrons. The minimum absolute atomic E-state index is 0.506. The molecule has 0 spiro atoms. The molecule has 1 aliphatic rings. The predicted octanol–water partition coefficient (Wildman–Crippen LogP) is 5.44. The molecule has 1 fully saturated rings. The van der Waals surface area contributed by atoms with E-state index in [1.807, 2.05) is 12.1 Å². The van der Waals surface area contributed by atoms with Crippen LogP contribution in [0.5, 0.6) is 0 Å². The average molecular weight is 354 g/mol. The maximum absolute atomic E-state index is 4.65. The van der Waals surface area contributed by atoms with Crippen molar-refractivity contribution in [2.75, 3.05) is 5.32 Å². The summed E-state index contributed by atoms with van der Waals surface area (Å²) in [6, 6.07) is 21.4. The lowest BCUT2D eigenvalue weighted by molar-refractivity contribution is 0.751. The minimum Gasteiger partial charge on any atom is -0.367 e. The monoisotopic (exact) mass is 354 g/mol. The zero-order valence-electron chi connectivity index (χ0n) is 15.2. The Balaban J connectivity index is 1.73. The largest absolute Gasteiger partial charge is 0.367 e. The van der Waals surface area contributed by atoms with Crippen molar-refractivity contribution in [3.63, 3.8) is 0 Å². The van der Waals surface area contributed by atoms with Crippen LogP contribution in [0.25, 0.3) is 27.8 Å². The summed E-state index contributed by atoms with van der Waals surface area (Å²) in [4.78, 5) is 9.28. The number of rotatable bonds is 4. The van der Waals surface area contributed by atoms with Gasteiger partial charge in [0.15, 0.2) is 5.65 Å². The second-order valence-corrected chi connectivity index (χ2v) is 7.16. The van der Waals surface area contributed by atoms with E-state index in [-0.39, 0.29) is 0 Å². The zero-order valence-corrected chi connectivity index (χ0v) is 15.2. The minimum atomic E-state index is 0.506. The first kappa shape index (κ1) is 16.1. The maximum atomic E-state index is 4.65. The van der Waals surface area contributed by atoms with Gasteiger partial charge in [0.25, 0.3) is 0 Å². The SMILES string of the molecule is c1ccc(-c2cn(-c3ccccc3)c3ncnc(NC4CCCC4)c23)cc1. The van der Waals surface area contributed by atoms with E-state index in [9.17, 15) is 0 Å². The predicted molar refractivity (Wildman–Crippen MR) is 110 cm³/mol. The van der Waals surface area contributed by atoms with Gasteiger partial charge in [-0.05, 0) is 30.5 Å². The van der Waals surface area contributed by atoms with E-state index in [4.69, 9.17) is 0 Å². The molecule has 1 N–H and O–H groups in total. The van der Waals surface area contributed by atoms with Crippen LogP contribution in [0.2, 0.25) is 0 Å². The van der Waals surface area contributed by atoms with Crippen LogP contribution in [0.3, 0.4) is 0 Å². The summed E-state index contributed by atoms with van der Waals surface area (Å²) >= 11 is 0. The second kappa shape index (κ2) is 6.88. The highest BCUT2D eigenvalue weighted by Gasteiger charge is 2.20. The van der Waals surface area contributed by atoms with Crippen LogP contribution in [0.15, 0.2) is 73.2 Å². The molecule has 0 aliphatic heterocycles. The van der Waals surface area contributed by atoms with Gasteiger partial charge in [-0.25, -0.2) is 9.97 Å². The van der Waals surface area contributed by atoms with E-state index in [1.54, 1.807) is 6.33 Å². The summed E-state index contributed by atoms with van der Waals surface area (Å²) in [6.45, 7) is 0. The molecule has 0 saturated heterocycles. The van der Waals surface area contributed by atoms with Crippen LogP contribution in [-0.2, 0) is 0 Å². The van der Waals surface area contributed by atoms with Crippen molar-refractivity contribution < 1.29 is 0 Å². The first-order valence-electron chi connectivity index (χ1n) is 9.63. The van der Waals surface area contributed by atoms with Gasteiger partial charge in [0.05, 0.1) is 5.39 Å². The third kappa shape index (κ3) is 2.97. The lowest BCUT2D eigenvalue weighted by Crippen LogP contribution is -2.15. The molecule has 1 aliphatic carbocycles. The number of nitrogens with zero attached hydrogens (tertiary/aromatic N) is 3. The average Bonchev–Trinajstić information content (AvgIpc) is 3.38. The first-order chi connectivity index (χ1) is 13.4. The molecule has 4 aromatic rings. The zero-order chi connectivity index (χ0) is 18.1. The van der Waals surface area contributed by atoms with Crippen LogP contribution >= 0.6 is 0 Å². The van der Waals surface area contributed by atoms with Gasteiger partial charge in [-0.1, -0.05) is 61.4 Å². The van der Waals surface area contributed by atoms with Gasteiger partial charge in [0.2, 0.25) is 0 Å². The summed E-state index contributed by atoms with van der Waals surface area (Å²) in [7, 11) is 0. The highest BCUT2D eigenvalue weighted by atomic mass is 15.1. The molecule has 2 aromatic heterocycles. The number of hydrogen-bond acceptors (Lipinski definition) is 3. The molecule has 0 amide bonds. The summed E-state index contributed by atoms with van der Waals surface area (Å²) < 4.78 is 2.17. The van der Waals surface area contributed by atoms with Crippen LogP contribution in [0, 0.1) is 0 Å².